The summed E-state index contributed by atoms with van der Waals surface area (Å²) in [6.07, 6.45) is 1.08. The third-order valence-corrected chi connectivity index (χ3v) is 6.75. The third-order valence-electron chi connectivity index (χ3n) is 4.81. The number of carbonyl (C=O) groups is 1. The summed E-state index contributed by atoms with van der Waals surface area (Å²) in [4.78, 5) is 12.3. The van der Waals surface area contributed by atoms with E-state index in [9.17, 15) is 13.2 Å². The molecule has 0 saturated carbocycles. The van der Waals surface area contributed by atoms with E-state index in [-0.39, 0.29) is 11.8 Å². The number of hydrogen-bond donors (Lipinski definition) is 1. The van der Waals surface area contributed by atoms with E-state index in [2.05, 4.69) is 19.2 Å². The highest BCUT2D eigenvalue weighted by molar-refractivity contribution is 7.86. The fourth-order valence-electron chi connectivity index (χ4n) is 3.15. The number of piperidine rings is 1. The van der Waals surface area contributed by atoms with Crippen LogP contribution < -0.4 is 10.1 Å². The molecule has 1 amide bonds. The number of benzene rings is 1. The Balaban J connectivity index is 1.75. The van der Waals surface area contributed by atoms with Crippen molar-refractivity contribution in [3.8, 4) is 5.75 Å². The van der Waals surface area contributed by atoms with Gasteiger partial charge in [-0.2, -0.15) is 17.0 Å². The molecule has 2 rings (SSSR count). The lowest BCUT2D eigenvalue weighted by molar-refractivity contribution is -0.126. The number of nitrogens with zero attached hydrogens (tertiary/aromatic N) is 2. The molecule has 1 aliphatic rings. The van der Waals surface area contributed by atoms with Crippen LogP contribution in [0.3, 0.4) is 0 Å². The first-order chi connectivity index (χ1) is 12.7. The Morgan fingerprint density at radius 2 is 1.89 bits per heavy atom. The highest BCUT2D eigenvalue weighted by atomic mass is 32.2. The maximum absolute atomic E-state index is 12.3. The van der Waals surface area contributed by atoms with Gasteiger partial charge in [-0.1, -0.05) is 32.0 Å². The highest BCUT2D eigenvalue weighted by Crippen LogP contribution is 2.25. The molecule has 1 saturated heterocycles. The minimum absolute atomic E-state index is 0.0300. The number of rotatable bonds is 8. The quantitative estimate of drug-likeness (QED) is 0.679. The fraction of sp³-hybridized carbons (Fsp3) is 0.632. The van der Waals surface area contributed by atoms with Crippen LogP contribution in [-0.4, -0.2) is 63.3 Å². The number of para-hydroxylation sites is 1. The van der Waals surface area contributed by atoms with E-state index < -0.39 is 10.2 Å². The maximum atomic E-state index is 12.3. The van der Waals surface area contributed by atoms with Gasteiger partial charge in [-0.25, -0.2) is 0 Å². The van der Waals surface area contributed by atoms with E-state index in [1.807, 2.05) is 24.3 Å². The van der Waals surface area contributed by atoms with Crippen LogP contribution in [0.4, 0.5) is 0 Å². The van der Waals surface area contributed by atoms with Crippen LogP contribution >= 0.6 is 0 Å². The van der Waals surface area contributed by atoms with Crippen molar-refractivity contribution < 1.29 is 17.9 Å². The summed E-state index contributed by atoms with van der Waals surface area (Å²) < 4.78 is 32.7. The smallest absolute Gasteiger partial charge is 0.281 e. The van der Waals surface area contributed by atoms with Gasteiger partial charge < -0.3 is 10.1 Å². The van der Waals surface area contributed by atoms with E-state index >= 15 is 0 Å². The summed E-state index contributed by atoms with van der Waals surface area (Å²) in [5.41, 5.74) is 1.15. The van der Waals surface area contributed by atoms with E-state index in [1.54, 1.807) is 0 Å². The highest BCUT2D eigenvalue weighted by Gasteiger charge is 2.32. The van der Waals surface area contributed by atoms with Crippen molar-refractivity contribution in [3.05, 3.63) is 29.8 Å². The Hall–Kier alpha value is -1.64. The van der Waals surface area contributed by atoms with Crippen molar-refractivity contribution in [3.63, 3.8) is 0 Å². The molecule has 0 bridgehead atoms. The van der Waals surface area contributed by atoms with Gasteiger partial charge in [0.05, 0.1) is 6.54 Å². The first-order valence-electron chi connectivity index (χ1n) is 9.40. The summed E-state index contributed by atoms with van der Waals surface area (Å²) in [5.74, 6) is 1.04. The van der Waals surface area contributed by atoms with E-state index in [0.717, 1.165) is 11.3 Å². The SMILES string of the molecule is CC(C)c1ccccc1OCCNC(=O)C1CCN(S(=O)(=O)N(C)C)CC1. The lowest BCUT2D eigenvalue weighted by Crippen LogP contribution is -2.47. The predicted octanol–water partition coefficient (Wildman–Crippen LogP) is 1.82. The molecule has 7 nitrogen and oxygen atoms in total. The molecule has 1 heterocycles. The van der Waals surface area contributed by atoms with Gasteiger partial charge >= 0.3 is 0 Å². The third kappa shape index (κ3) is 5.67. The molecule has 0 spiro atoms. The number of nitrogens with one attached hydrogen (secondary N) is 1. The van der Waals surface area contributed by atoms with Crippen LogP contribution in [0.25, 0.3) is 0 Å². The molecule has 27 heavy (non-hydrogen) atoms. The van der Waals surface area contributed by atoms with Gasteiger partial charge in [0.25, 0.3) is 10.2 Å². The minimum atomic E-state index is -3.40. The number of hydrogen-bond acceptors (Lipinski definition) is 4. The summed E-state index contributed by atoms with van der Waals surface area (Å²) in [6, 6.07) is 7.92. The fourth-order valence-corrected chi connectivity index (χ4v) is 4.28. The Morgan fingerprint density at radius 1 is 1.26 bits per heavy atom. The van der Waals surface area contributed by atoms with Crippen molar-refractivity contribution in [1.29, 1.82) is 0 Å². The van der Waals surface area contributed by atoms with Gasteiger partial charge in [0.1, 0.15) is 12.4 Å². The number of carbonyl (C=O) groups excluding carboxylic acids is 1. The van der Waals surface area contributed by atoms with Gasteiger partial charge in [-0.3, -0.25) is 4.79 Å². The van der Waals surface area contributed by atoms with E-state index in [4.69, 9.17) is 4.74 Å². The molecule has 0 aromatic heterocycles. The topological polar surface area (TPSA) is 79.0 Å². The molecule has 1 aliphatic heterocycles. The first kappa shape index (κ1) is 21.7. The molecule has 0 unspecified atom stereocenters. The first-order valence-corrected chi connectivity index (χ1v) is 10.8. The Labute approximate surface area is 162 Å². The predicted molar refractivity (Wildman–Crippen MR) is 106 cm³/mol. The Bertz CT molecular complexity index is 726. The van der Waals surface area contributed by atoms with Crippen molar-refractivity contribution in [1.82, 2.24) is 13.9 Å². The number of ether oxygens (including phenoxy) is 1. The maximum Gasteiger partial charge on any atom is 0.281 e. The van der Waals surface area contributed by atoms with Crippen molar-refractivity contribution in [2.75, 3.05) is 40.3 Å². The van der Waals surface area contributed by atoms with Gasteiger partial charge in [-0.05, 0) is 30.4 Å². The Kier molecular flexibility index (Phi) is 7.64. The van der Waals surface area contributed by atoms with Crippen molar-refractivity contribution in [2.24, 2.45) is 5.92 Å². The van der Waals surface area contributed by atoms with Crippen LogP contribution in [0, 0.1) is 5.92 Å². The molecule has 1 aromatic carbocycles. The molecule has 0 radical (unpaired) electrons. The van der Waals surface area contributed by atoms with E-state index in [1.165, 1.54) is 22.7 Å². The van der Waals surface area contributed by atoms with Crippen LogP contribution in [0.5, 0.6) is 5.75 Å². The monoisotopic (exact) mass is 397 g/mol. The van der Waals surface area contributed by atoms with Crippen LogP contribution in [-0.2, 0) is 15.0 Å². The van der Waals surface area contributed by atoms with Crippen LogP contribution in [0.1, 0.15) is 38.2 Å². The second-order valence-electron chi connectivity index (χ2n) is 7.30. The summed E-state index contributed by atoms with van der Waals surface area (Å²) >= 11 is 0. The lowest BCUT2D eigenvalue weighted by Gasteiger charge is -2.32. The normalized spacial score (nSPS) is 16.7. The van der Waals surface area contributed by atoms with Crippen LogP contribution in [0.15, 0.2) is 24.3 Å². The standard InChI is InChI=1S/C19H31N3O4S/c1-15(2)17-7-5-6-8-18(17)26-14-11-20-19(23)16-9-12-22(13-10-16)27(24,25)21(3)4/h5-8,15-16H,9-14H2,1-4H3,(H,20,23). The summed E-state index contributed by atoms with van der Waals surface area (Å²) in [6.45, 7) is 5.82. The zero-order chi connectivity index (χ0) is 20.0. The lowest BCUT2D eigenvalue weighted by atomic mass is 9.97. The van der Waals surface area contributed by atoms with Gasteiger partial charge in [0.2, 0.25) is 5.91 Å². The van der Waals surface area contributed by atoms with Gasteiger partial charge in [0, 0.05) is 33.1 Å². The minimum Gasteiger partial charge on any atom is -0.491 e. The molecule has 152 valence electrons. The zero-order valence-corrected chi connectivity index (χ0v) is 17.5. The second kappa shape index (κ2) is 9.52. The van der Waals surface area contributed by atoms with Crippen molar-refractivity contribution in [2.45, 2.75) is 32.6 Å². The zero-order valence-electron chi connectivity index (χ0n) is 16.6. The molecule has 0 atom stereocenters. The molecule has 0 aliphatic carbocycles. The molecule has 1 fully saturated rings. The van der Waals surface area contributed by atoms with Gasteiger partial charge in [-0.15, -0.1) is 0 Å². The number of amides is 1. The summed E-state index contributed by atoms with van der Waals surface area (Å²) in [5, 5.41) is 2.91. The second-order valence-corrected chi connectivity index (χ2v) is 9.44. The molecule has 1 N–H and O–H groups in total. The van der Waals surface area contributed by atoms with E-state index in [0.29, 0.717) is 45.0 Å². The molecule has 8 heteroatoms. The molecular formula is C19H31N3O4S. The van der Waals surface area contributed by atoms with Gasteiger partial charge in [0.15, 0.2) is 0 Å². The average Bonchev–Trinajstić information content (AvgIpc) is 2.65. The molecule has 1 aromatic rings. The Morgan fingerprint density at radius 3 is 2.48 bits per heavy atom. The molecular weight excluding hydrogens is 366 g/mol. The van der Waals surface area contributed by atoms with Crippen LogP contribution in [0.2, 0.25) is 0 Å². The largest absolute Gasteiger partial charge is 0.491 e. The van der Waals surface area contributed by atoms with Crippen molar-refractivity contribution >= 4 is 16.1 Å². The summed E-state index contributed by atoms with van der Waals surface area (Å²) in [7, 11) is -0.358. The average molecular weight is 398 g/mol.